The number of carbonyl (C=O) groups excluding carboxylic acids is 1. The van der Waals surface area contributed by atoms with Crippen LogP contribution in [0.4, 0.5) is 0 Å². The Kier molecular flexibility index (Phi) is 5.41. The number of aryl methyl sites for hydroxylation is 3. The maximum atomic E-state index is 12.8. The number of aromatic nitrogens is 2. The number of carbonyl (C=O) groups is 1. The number of fused-ring (bicyclic) bond motifs is 1. The molecule has 1 saturated heterocycles. The predicted octanol–water partition coefficient (Wildman–Crippen LogP) is 1.88. The third-order valence-corrected chi connectivity index (χ3v) is 5.28. The van der Waals surface area contributed by atoms with Gasteiger partial charge in [0.25, 0.3) is 5.56 Å². The summed E-state index contributed by atoms with van der Waals surface area (Å²) in [6.45, 7) is 12.4. The Bertz CT molecular complexity index is 879. The molecule has 0 N–H and O–H groups in total. The van der Waals surface area contributed by atoms with Crippen LogP contribution in [-0.4, -0.2) is 58.0 Å². The Balaban J connectivity index is 1.86. The average Bonchev–Trinajstić information content (AvgIpc) is 2.62. The van der Waals surface area contributed by atoms with Gasteiger partial charge in [-0.2, -0.15) is 0 Å². The van der Waals surface area contributed by atoms with Crippen LogP contribution in [0.2, 0.25) is 0 Å². The van der Waals surface area contributed by atoms with Gasteiger partial charge in [0.05, 0.1) is 11.0 Å². The van der Waals surface area contributed by atoms with Crippen LogP contribution in [0.25, 0.3) is 11.0 Å². The van der Waals surface area contributed by atoms with Gasteiger partial charge in [0.1, 0.15) is 12.2 Å². The van der Waals surface area contributed by atoms with E-state index in [1.165, 1.54) is 0 Å². The third kappa shape index (κ3) is 3.65. The van der Waals surface area contributed by atoms with E-state index < -0.39 is 0 Å². The van der Waals surface area contributed by atoms with Gasteiger partial charge < -0.3 is 4.90 Å². The second-order valence-corrected chi connectivity index (χ2v) is 7.24. The van der Waals surface area contributed by atoms with Crippen LogP contribution in [0.1, 0.15) is 30.2 Å². The Hall–Kier alpha value is -2.21. The van der Waals surface area contributed by atoms with Gasteiger partial charge in [-0.05, 0) is 57.0 Å². The predicted molar refractivity (Wildman–Crippen MR) is 104 cm³/mol. The van der Waals surface area contributed by atoms with Crippen LogP contribution in [0.15, 0.2) is 16.9 Å². The topological polar surface area (TPSA) is 58.4 Å². The fourth-order valence-corrected chi connectivity index (χ4v) is 3.55. The zero-order valence-electron chi connectivity index (χ0n) is 16.2. The Morgan fingerprint density at radius 2 is 1.73 bits per heavy atom. The molecular weight excluding hydrogens is 328 g/mol. The molecule has 2 heterocycles. The quantitative estimate of drug-likeness (QED) is 0.839. The second-order valence-electron chi connectivity index (χ2n) is 7.24. The van der Waals surface area contributed by atoms with E-state index in [9.17, 15) is 9.59 Å². The van der Waals surface area contributed by atoms with E-state index in [1.54, 1.807) is 11.5 Å². The van der Waals surface area contributed by atoms with Gasteiger partial charge in [0, 0.05) is 26.2 Å². The lowest BCUT2D eigenvalue weighted by Crippen LogP contribution is -2.50. The van der Waals surface area contributed by atoms with Gasteiger partial charge in [-0.3, -0.25) is 19.1 Å². The highest BCUT2D eigenvalue weighted by Gasteiger charge is 2.22. The zero-order valence-corrected chi connectivity index (χ0v) is 16.2. The lowest BCUT2D eigenvalue weighted by molar-refractivity contribution is -0.133. The van der Waals surface area contributed by atoms with E-state index >= 15 is 0 Å². The van der Waals surface area contributed by atoms with E-state index in [0.717, 1.165) is 61.3 Å². The number of rotatable bonds is 4. The minimum absolute atomic E-state index is 0.00776. The number of nitrogens with zero attached hydrogens (tertiary/aromatic N) is 4. The van der Waals surface area contributed by atoms with Crippen molar-refractivity contribution in [3.63, 3.8) is 0 Å². The Morgan fingerprint density at radius 3 is 2.38 bits per heavy atom. The van der Waals surface area contributed by atoms with E-state index in [-0.39, 0.29) is 18.0 Å². The molecule has 1 amide bonds. The van der Waals surface area contributed by atoms with Gasteiger partial charge in [-0.1, -0.05) is 6.92 Å². The van der Waals surface area contributed by atoms with Crippen molar-refractivity contribution in [2.75, 3.05) is 32.7 Å². The number of hydrogen-bond donors (Lipinski definition) is 0. The summed E-state index contributed by atoms with van der Waals surface area (Å²) in [5.41, 5.74) is 3.98. The summed E-state index contributed by atoms with van der Waals surface area (Å²) < 4.78 is 1.59. The summed E-state index contributed by atoms with van der Waals surface area (Å²) in [7, 11) is 0. The van der Waals surface area contributed by atoms with Crippen molar-refractivity contribution >= 4 is 16.9 Å². The molecule has 1 aliphatic heterocycles. The largest absolute Gasteiger partial charge is 0.339 e. The highest BCUT2D eigenvalue weighted by molar-refractivity contribution is 5.81. The summed E-state index contributed by atoms with van der Waals surface area (Å²) in [6.07, 6.45) is 1.13. The van der Waals surface area contributed by atoms with Crippen molar-refractivity contribution in [1.82, 2.24) is 19.4 Å². The molecule has 0 bridgehead atoms. The summed E-state index contributed by atoms with van der Waals surface area (Å²) in [6, 6.07) is 3.95. The smallest absolute Gasteiger partial charge is 0.272 e. The van der Waals surface area contributed by atoms with Crippen LogP contribution in [0, 0.1) is 20.8 Å². The lowest BCUT2D eigenvalue weighted by atomic mass is 10.1. The molecule has 0 aliphatic carbocycles. The lowest BCUT2D eigenvalue weighted by Gasteiger charge is -2.34. The molecular formula is C20H28N4O2. The first-order chi connectivity index (χ1) is 12.4. The first kappa shape index (κ1) is 18.6. The Morgan fingerprint density at radius 1 is 1.08 bits per heavy atom. The average molecular weight is 356 g/mol. The molecule has 0 saturated carbocycles. The Labute approximate surface area is 154 Å². The van der Waals surface area contributed by atoms with Crippen molar-refractivity contribution in [3.05, 3.63) is 39.3 Å². The zero-order chi connectivity index (χ0) is 18.8. The summed E-state index contributed by atoms with van der Waals surface area (Å²) in [5, 5.41) is 0. The molecule has 0 atom stereocenters. The van der Waals surface area contributed by atoms with Gasteiger partial charge in [-0.15, -0.1) is 0 Å². The standard InChI is InChI=1S/C20H28N4O2/c1-5-6-22-7-9-23(10-8-22)19(25)13-24-18-12-15(3)14(2)11-17(18)21-16(4)20(24)26/h11-12H,5-10,13H2,1-4H3. The summed E-state index contributed by atoms with van der Waals surface area (Å²) in [4.78, 5) is 34.2. The maximum Gasteiger partial charge on any atom is 0.272 e. The van der Waals surface area contributed by atoms with Crippen molar-refractivity contribution in [2.45, 2.75) is 40.7 Å². The number of hydrogen-bond acceptors (Lipinski definition) is 4. The fourth-order valence-electron chi connectivity index (χ4n) is 3.55. The number of piperazine rings is 1. The van der Waals surface area contributed by atoms with Crippen LogP contribution in [-0.2, 0) is 11.3 Å². The SMILES string of the molecule is CCCN1CCN(C(=O)Cn2c(=O)c(C)nc3cc(C)c(C)cc32)CC1. The van der Waals surface area contributed by atoms with Crippen molar-refractivity contribution in [3.8, 4) is 0 Å². The molecule has 1 aromatic carbocycles. The molecule has 1 aromatic heterocycles. The van der Waals surface area contributed by atoms with Crippen molar-refractivity contribution in [1.29, 1.82) is 0 Å². The monoisotopic (exact) mass is 356 g/mol. The van der Waals surface area contributed by atoms with Crippen molar-refractivity contribution in [2.24, 2.45) is 0 Å². The fraction of sp³-hybridized carbons (Fsp3) is 0.550. The molecule has 1 aliphatic rings. The molecule has 2 aromatic rings. The van der Waals surface area contributed by atoms with Crippen LogP contribution < -0.4 is 5.56 Å². The normalized spacial score (nSPS) is 15.6. The van der Waals surface area contributed by atoms with Crippen LogP contribution in [0.3, 0.4) is 0 Å². The minimum Gasteiger partial charge on any atom is -0.339 e. The molecule has 0 radical (unpaired) electrons. The van der Waals surface area contributed by atoms with E-state index in [0.29, 0.717) is 5.69 Å². The summed E-state index contributed by atoms with van der Waals surface area (Å²) >= 11 is 0. The molecule has 6 heteroatoms. The third-order valence-electron chi connectivity index (χ3n) is 5.28. The van der Waals surface area contributed by atoms with Crippen LogP contribution in [0.5, 0.6) is 0 Å². The van der Waals surface area contributed by atoms with Gasteiger partial charge in [0.2, 0.25) is 5.91 Å². The number of amides is 1. The first-order valence-corrected chi connectivity index (χ1v) is 9.39. The molecule has 3 rings (SSSR count). The minimum atomic E-state index is -0.182. The molecule has 140 valence electrons. The molecule has 1 fully saturated rings. The van der Waals surface area contributed by atoms with E-state index in [2.05, 4.69) is 16.8 Å². The molecule has 26 heavy (non-hydrogen) atoms. The highest BCUT2D eigenvalue weighted by atomic mass is 16.2. The number of benzene rings is 1. The van der Waals surface area contributed by atoms with Gasteiger partial charge in [0.15, 0.2) is 0 Å². The van der Waals surface area contributed by atoms with E-state index in [1.807, 2.05) is 30.9 Å². The van der Waals surface area contributed by atoms with E-state index in [4.69, 9.17) is 0 Å². The van der Waals surface area contributed by atoms with Gasteiger partial charge >= 0.3 is 0 Å². The summed E-state index contributed by atoms with van der Waals surface area (Å²) in [5.74, 6) is 0.00776. The molecule has 0 spiro atoms. The second kappa shape index (κ2) is 7.58. The molecule has 0 unspecified atom stereocenters. The first-order valence-electron chi connectivity index (χ1n) is 9.39. The van der Waals surface area contributed by atoms with Gasteiger partial charge in [-0.25, -0.2) is 4.98 Å². The van der Waals surface area contributed by atoms with Crippen LogP contribution >= 0.6 is 0 Å². The molecule has 6 nitrogen and oxygen atoms in total. The van der Waals surface area contributed by atoms with Crippen molar-refractivity contribution < 1.29 is 4.79 Å². The highest BCUT2D eigenvalue weighted by Crippen LogP contribution is 2.17. The maximum absolute atomic E-state index is 12.8.